The second-order valence-corrected chi connectivity index (χ2v) is 9.10. The Kier molecular flexibility index (Phi) is 7.22. The fraction of sp³-hybridized carbons (Fsp3) is 0.200. The van der Waals surface area contributed by atoms with Gasteiger partial charge in [0, 0.05) is 15.7 Å². The summed E-state index contributed by atoms with van der Waals surface area (Å²) in [6, 6.07) is 17.2. The molecule has 6 nitrogen and oxygen atoms in total. The smallest absolute Gasteiger partial charge is 0.268 e. The molecule has 0 aliphatic carbocycles. The molecule has 0 radical (unpaired) electrons. The van der Waals surface area contributed by atoms with Crippen LogP contribution < -0.4 is 19.7 Å². The third kappa shape index (κ3) is 5.41. The lowest BCUT2D eigenvalue weighted by Gasteiger charge is -2.33. The fourth-order valence-electron chi connectivity index (χ4n) is 3.48. The van der Waals surface area contributed by atoms with Crippen LogP contribution in [0.1, 0.15) is 19.4 Å². The minimum atomic E-state index is -0.835. The van der Waals surface area contributed by atoms with Gasteiger partial charge in [-0.15, -0.1) is 0 Å². The van der Waals surface area contributed by atoms with Gasteiger partial charge in [0.2, 0.25) is 0 Å². The number of anilines is 2. The van der Waals surface area contributed by atoms with Crippen LogP contribution in [0.2, 0.25) is 15.1 Å². The summed E-state index contributed by atoms with van der Waals surface area (Å²) in [7, 11) is 0. The number of nitrogens with one attached hydrogen (secondary N) is 1. The van der Waals surface area contributed by atoms with Crippen molar-refractivity contribution in [3.63, 3.8) is 0 Å². The van der Waals surface area contributed by atoms with Gasteiger partial charge in [0.25, 0.3) is 11.8 Å². The maximum absolute atomic E-state index is 12.9. The van der Waals surface area contributed by atoms with Crippen molar-refractivity contribution in [2.24, 2.45) is 0 Å². The molecule has 0 fully saturated rings. The van der Waals surface area contributed by atoms with E-state index in [1.54, 1.807) is 67.3 Å². The molecule has 1 aliphatic rings. The Morgan fingerprint density at radius 2 is 1.76 bits per heavy atom. The number of hydrogen-bond donors (Lipinski definition) is 1. The van der Waals surface area contributed by atoms with Crippen molar-refractivity contribution in [1.82, 2.24) is 0 Å². The first-order valence-electron chi connectivity index (χ1n) is 10.5. The largest absolute Gasteiger partial charge is 0.479 e. The molecule has 4 rings (SSSR count). The van der Waals surface area contributed by atoms with Crippen LogP contribution in [0.5, 0.6) is 11.5 Å². The van der Waals surface area contributed by atoms with Crippen molar-refractivity contribution < 1.29 is 19.1 Å². The first-order chi connectivity index (χ1) is 16.2. The van der Waals surface area contributed by atoms with Crippen LogP contribution in [0.15, 0.2) is 60.7 Å². The number of hydrogen-bond acceptors (Lipinski definition) is 4. The normalized spacial score (nSPS) is 15.9. The van der Waals surface area contributed by atoms with Crippen LogP contribution in [0.25, 0.3) is 0 Å². The molecule has 0 aromatic heterocycles. The minimum absolute atomic E-state index is 0.181. The lowest BCUT2D eigenvalue weighted by Crippen LogP contribution is -2.44. The van der Waals surface area contributed by atoms with E-state index in [2.05, 4.69) is 5.32 Å². The average Bonchev–Trinajstić information content (AvgIpc) is 2.80. The number of carbonyl (C=O) groups excluding carboxylic acids is 2. The summed E-state index contributed by atoms with van der Waals surface area (Å²) in [4.78, 5) is 27.3. The van der Waals surface area contributed by atoms with Gasteiger partial charge in [-0.05, 0) is 67.9 Å². The standard InChI is InChI=1S/C25H21Cl3N2O4/c1-14(33-22-9-7-18(27)11-20(22)28)24(31)29-19-8-10-23-21(12-19)30(25(32)15(2)34-23)13-16-3-5-17(26)6-4-16/h3-12,14-15H,13H2,1-2H3,(H,29,31). The Morgan fingerprint density at radius 3 is 2.47 bits per heavy atom. The lowest BCUT2D eigenvalue weighted by molar-refractivity contribution is -0.125. The minimum Gasteiger partial charge on any atom is -0.479 e. The second kappa shape index (κ2) is 10.1. The van der Waals surface area contributed by atoms with Gasteiger partial charge >= 0.3 is 0 Å². The molecule has 0 saturated heterocycles. The fourth-order valence-corrected chi connectivity index (χ4v) is 4.06. The molecule has 1 heterocycles. The summed E-state index contributed by atoms with van der Waals surface area (Å²) in [6.07, 6.45) is -1.46. The third-order valence-electron chi connectivity index (χ3n) is 5.26. The van der Waals surface area contributed by atoms with E-state index in [1.165, 1.54) is 0 Å². The number of carbonyl (C=O) groups is 2. The van der Waals surface area contributed by atoms with E-state index in [1.807, 2.05) is 12.1 Å². The zero-order valence-corrected chi connectivity index (χ0v) is 20.6. The quantitative estimate of drug-likeness (QED) is 0.411. The number of amides is 2. The molecule has 0 saturated carbocycles. The molecule has 2 amide bonds. The first kappa shape index (κ1) is 24.2. The van der Waals surface area contributed by atoms with Gasteiger partial charge < -0.3 is 19.7 Å². The maximum atomic E-state index is 12.9. The SMILES string of the molecule is CC(Oc1ccc(Cl)cc1Cl)C(=O)Nc1ccc2c(c1)N(Cc1ccc(Cl)cc1)C(=O)C(C)O2. The van der Waals surface area contributed by atoms with E-state index < -0.39 is 12.2 Å². The number of rotatable bonds is 6. The van der Waals surface area contributed by atoms with E-state index in [-0.39, 0.29) is 11.8 Å². The zero-order chi connectivity index (χ0) is 24.4. The Labute approximate surface area is 212 Å². The highest BCUT2D eigenvalue weighted by molar-refractivity contribution is 6.35. The van der Waals surface area contributed by atoms with Crippen molar-refractivity contribution >= 4 is 58.0 Å². The van der Waals surface area contributed by atoms with E-state index in [0.29, 0.717) is 44.5 Å². The first-order valence-corrected chi connectivity index (χ1v) is 11.6. The lowest BCUT2D eigenvalue weighted by atomic mass is 10.1. The van der Waals surface area contributed by atoms with Crippen LogP contribution in [-0.4, -0.2) is 24.0 Å². The molecule has 9 heteroatoms. The molecule has 1 N–H and O–H groups in total. The molecule has 34 heavy (non-hydrogen) atoms. The number of ether oxygens (including phenoxy) is 2. The highest BCUT2D eigenvalue weighted by atomic mass is 35.5. The summed E-state index contributed by atoms with van der Waals surface area (Å²) in [5, 5.41) is 4.21. The van der Waals surface area contributed by atoms with Crippen molar-refractivity contribution in [1.29, 1.82) is 0 Å². The molecule has 176 valence electrons. The Hall–Kier alpha value is -2.93. The summed E-state index contributed by atoms with van der Waals surface area (Å²) < 4.78 is 11.5. The third-order valence-corrected chi connectivity index (χ3v) is 6.04. The van der Waals surface area contributed by atoms with Crippen LogP contribution in [0.4, 0.5) is 11.4 Å². The second-order valence-electron chi connectivity index (χ2n) is 7.82. The number of benzene rings is 3. The number of fused-ring (bicyclic) bond motifs is 1. The van der Waals surface area contributed by atoms with Crippen LogP contribution in [0.3, 0.4) is 0 Å². The highest BCUT2D eigenvalue weighted by Crippen LogP contribution is 2.37. The maximum Gasteiger partial charge on any atom is 0.268 e. The highest BCUT2D eigenvalue weighted by Gasteiger charge is 2.32. The molecule has 3 aromatic rings. The van der Waals surface area contributed by atoms with E-state index >= 15 is 0 Å². The molecule has 0 spiro atoms. The van der Waals surface area contributed by atoms with Crippen LogP contribution >= 0.6 is 34.8 Å². The van der Waals surface area contributed by atoms with Crippen molar-refractivity contribution in [3.05, 3.63) is 81.3 Å². The number of nitrogens with zero attached hydrogens (tertiary/aromatic N) is 1. The van der Waals surface area contributed by atoms with Gasteiger partial charge in [-0.1, -0.05) is 46.9 Å². The van der Waals surface area contributed by atoms with Gasteiger partial charge in [-0.3, -0.25) is 9.59 Å². The molecule has 2 unspecified atom stereocenters. The predicted molar refractivity (Wildman–Crippen MR) is 134 cm³/mol. The topological polar surface area (TPSA) is 67.9 Å². The summed E-state index contributed by atoms with van der Waals surface area (Å²) in [5.41, 5.74) is 1.97. The van der Waals surface area contributed by atoms with Crippen molar-refractivity contribution in [2.45, 2.75) is 32.6 Å². The zero-order valence-electron chi connectivity index (χ0n) is 18.3. The van der Waals surface area contributed by atoms with Gasteiger partial charge in [0.1, 0.15) is 11.5 Å². The van der Waals surface area contributed by atoms with Crippen molar-refractivity contribution in [2.75, 3.05) is 10.2 Å². The Morgan fingerprint density at radius 1 is 1.06 bits per heavy atom. The van der Waals surface area contributed by atoms with E-state index in [9.17, 15) is 9.59 Å². The van der Waals surface area contributed by atoms with Gasteiger partial charge in [-0.25, -0.2) is 0 Å². The molecule has 0 bridgehead atoms. The van der Waals surface area contributed by atoms with Gasteiger partial charge in [0.05, 0.1) is 17.3 Å². The average molecular weight is 520 g/mol. The number of halogens is 3. The molecular formula is C25H21Cl3N2O4. The molecule has 3 aromatic carbocycles. The molecule has 1 aliphatic heterocycles. The Bertz CT molecular complexity index is 1230. The molecule has 2 atom stereocenters. The van der Waals surface area contributed by atoms with E-state index in [0.717, 1.165) is 5.56 Å². The summed E-state index contributed by atoms with van der Waals surface area (Å²) in [6.45, 7) is 3.65. The van der Waals surface area contributed by atoms with Crippen molar-refractivity contribution in [3.8, 4) is 11.5 Å². The van der Waals surface area contributed by atoms with Gasteiger partial charge in [0.15, 0.2) is 12.2 Å². The monoisotopic (exact) mass is 518 g/mol. The Balaban J connectivity index is 1.53. The predicted octanol–water partition coefficient (Wildman–Crippen LogP) is 6.37. The van der Waals surface area contributed by atoms with E-state index in [4.69, 9.17) is 44.3 Å². The van der Waals surface area contributed by atoms with Crippen LogP contribution in [0, 0.1) is 0 Å². The summed E-state index contributed by atoms with van der Waals surface area (Å²) in [5.74, 6) is 0.337. The van der Waals surface area contributed by atoms with Crippen LogP contribution in [-0.2, 0) is 16.1 Å². The summed E-state index contributed by atoms with van der Waals surface area (Å²) >= 11 is 18.0. The molecular weight excluding hydrogens is 499 g/mol. The van der Waals surface area contributed by atoms with Gasteiger partial charge in [-0.2, -0.15) is 0 Å².